The van der Waals surface area contributed by atoms with Crippen LogP contribution in [0.15, 0.2) is 82.2 Å². The topological polar surface area (TPSA) is 94.2 Å². The number of para-hydroxylation sites is 3. The number of carbonyl (C=O) groups is 3. The van der Waals surface area contributed by atoms with Crippen LogP contribution in [0.3, 0.4) is 0 Å². The largest absolute Gasteiger partial charge is 0.493 e. The van der Waals surface area contributed by atoms with Gasteiger partial charge in [-0.3, -0.25) is 19.3 Å². The van der Waals surface area contributed by atoms with Gasteiger partial charge in [-0.25, -0.2) is 0 Å². The molecule has 0 unspecified atom stereocenters. The summed E-state index contributed by atoms with van der Waals surface area (Å²) in [6.45, 7) is 0.0886. The Morgan fingerprint density at radius 1 is 0.973 bits per heavy atom. The van der Waals surface area contributed by atoms with Gasteiger partial charge in [0.25, 0.3) is 17.1 Å². The van der Waals surface area contributed by atoms with Gasteiger partial charge in [0.05, 0.1) is 23.0 Å². The van der Waals surface area contributed by atoms with Crippen molar-refractivity contribution in [3.05, 3.63) is 87.7 Å². The average Bonchev–Trinajstić information content (AvgIpc) is 3.16. The molecule has 1 aliphatic heterocycles. The summed E-state index contributed by atoms with van der Waals surface area (Å²) in [5, 5.41) is 2.40. The van der Waals surface area contributed by atoms with Crippen molar-refractivity contribution in [2.75, 3.05) is 32.2 Å². The predicted octanol–water partition coefficient (Wildman–Crippen LogP) is 5.59. The van der Waals surface area contributed by atoms with Gasteiger partial charge in [-0.1, -0.05) is 36.4 Å². The van der Waals surface area contributed by atoms with Crippen molar-refractivity contribution in [1.29, 1.82) is 0 Å². The van der Waals surface area contributed by atoms with Crippen LogP contribution in [0, 0.1) is 0 Å². The van der Waals surface area contributed by atoms with Crippen LogP contribution in [0.5, 0.6) is 17.2 Å². The lowest BCUT2D eigenvalue weighted by atomic mass is 10.2. The van der Waals surface area contributed by atoms with Gasteiger partial charge >= 0.3 is 0 Å². The highest BCUT2D eigenvalue weighted by molar-refractivity contribution is 9.10. The summed E-state index contributed by atoms with van der Waals surface area (Å²) in [5.74, 6) is 0.920. The van der Waals surface area contributed by atoms with Crippen molar-refractivity contribution >= 4 is 56.5 Å². The molecule has 0 aromatic heterocycles. The lowest BCUT2D eigenvalue weighted by Gasteiger charge is -2.14. The smallest absolute Gasteiger partial charge is 0.293 e. The Kier molecular flexibility index (Phi) is 8.86. The van der Waals surface area contributed by atoms with E-state index in [4.69, 9.17) is 14.2 Å². The molecule has 4 rings (SSSR count). The first-order valence-corrected chi connectivity index (χ1v) is 12.8. The van der Waals surface area contributed by atoms with Crippen LogP contribution in [0.4, 0.5) is 10.5 Å². The summed E-state index contributed by atoms with van der Waals surface area (Å²) in [7, 11) is 1.54. The number of rotatable bonds is 10. The molecule has 3 aromatic carbocycles. The number of halogens is 1. The van der Waals surface area contributed by atoms with E-state index in [9.17, 15) is 14.4 Å². The molecule has 8 nitrogen and oxygen atoms in total. The first kappa shape index (κ1) is 26.3. The summed E-state index contributed by atoms with van der Waals surface area (Å²) in [6.07, 6.45) is 1.64. The van der Waals surface area contributed by atoms with Crippen LogP contribution < -0.4 is 19.5 Å². The molecular formula is C27H23BrN2O6S. The lowest BCUT2D eigenvalue weighted by Crippen LogP contribution is -2.32. The Bertz CT molecular complexity index is 1330. The molecule has 0 spiro atoms. The van der Waals surface area contributed by atoms with E-state index >= 15 is 0 Å². The average molecular weight is 583 g/mol. The number of benzene rings is 3. The number of hydrogen-bond acceptors (Lipinski definition) is 7. The highest BCUT2D eigenvalue weighted by atomic mass is 79.9. The van der Waals surface area contributed by atoms with Crippen LogP contribution in [-0.4, -0.2) is 48.8 Å². The molecule has 190 valence electrons. The molecular weight excluding hydrogens is 560 g/mol. The Morgan fingerprint density at radius 3 is 2.43 bits per heavy atom. The number of carbonyl (C=O) groups excluding carboxylic acids is 3. The molecule has 1 saturated heterocycles. The van der Waals surface area contributed by atoms with Gasteiger partial charge < -0.3 is 19.5 Å². The second kappa shape index (κ2) is 12.5. The summed E-state index contributed by atoms with van der Waals surface area (Å²) < 4.78 is 17.2. The fourth-order valence-electron chi connectivity index (χ4n) is 3.41. The van der Waals surface area contributed by atoms with Crippen molar-refractivity contribution in [1.82, 2.24) is 4.90 Å². The Balaban J connectivity index is 1.32. The highest BCUT2D eigenvalue weighted by Gasteiger charge is 2.34. The van der Waals surface area contributed by atoms with E-state index in [1.807, 2.05) is 30.3 Å². The minimum absolute atomic E-state index is 0.113. The standard InChI is InChI=1S/C27H23BrN2O6S/c1-34-22-9-5-6-10-23(22)35-14-13-30-26(32)24(37-27(30)33)16-18-11-12-21(20(28)15-18)36-17-25(31)29-19-7-3-2-4-8-19/h2-12,15-16H,13-14,17H2,1H3,(H,29,31)/b24-16-. The van der Waals surface area contributed by atoms with Crippen LogP contribution >= 0.6 is 27.7 Å². The number of nitrogens with zero attached hydrogens (tertiary/aromatic N) is 1. The first-order chi connectivity index (χ1) is 17.9. The second-order valence-electron chi connectivity index (χ2n) is 7.73. The van der Waals surface area contributed by atoms with Crippen LogP contribution in [0.2, 0.25) is 0 Å². The zero-order chi connectivity index (χ0) is 26.2. The van der Waals surface area contributed by atoms with E-state index in [2.05, 4.69) is 21.2 Å². The van der Waals surface area contributed by atoms with Crippen molar-refractivity contribution in [2.45, 2.75) is 0 Å². The molecule has 0 saturated carbocycles. The molecule has 1 heterocycles. The van der Waals surface area contributed by atoms with Crippen molar-refractivity contribution < 1.29 is 28.6 Å². The third-order valence-corrected chi connectivity index (χ3v) is 6.71. The van der Waals surface area contributed by atoms with E-state index in [1.54, 1.807) is 55.7 Å². The number of ether oxygens (including phenoxy) is 3. The summed E-state index contributed by atoms with van der Waals surface area (Å²) in [6, 6.07) is 21.5. The molecule has 1 aliphatic rings. The van der Waals surface area contributed by atoms with Gasteiger partial charge in [0.15, 0.2) is 18.1 Å². The maximum atomic E-state index is 12.8. The maximum Gasteiger partial charge on any atom is 0.293 e. The van der Waals surface area contributed by atoms with E-state index < -0.39 is 0 Å². The van der Waals surface area contributed by atoms with Gasteiger partial charge in [-0.15, -0.1) is 0 Å². The molecule has 1 fully saturated rings. The van der Waals surface area contributed by atoms with Gasteiger partial charge in [-0.2, -0.15) is 0 Å². The number of nitrogens with one attached hydrogen (secondary N) is 1. The predicted molar refractivity (Wildman–Crippen MR) is 146 cm³/mol. The van der Waals surface area contributed by atoms with E-state index in [0.717, 1.165) is 16.7 Å². The van der Waals surface area contributed by atoms with Crippen molar-refractivity contribution in [3.63, 3.8) is 0 Å². The monoisotopic (exact) mass is 582 g/mol. The van der Waals surface area contributed by atoms with E-state index in [0.29, 0.717) is 37.9 Å². The lowest BCUT2D eigenvalue weighted by molar-refractivity contribution is -0.123. The molecule has 0 aliphatic carbocycles. The number of methoxy groups -OCH3 is 1. The fourth-order valence-corrected chi connectivity index (χ4v) is 4.79. The Labute approximate surface area is 226 Å². The molecule has 1 N–H and O–H groups in total. The quantitative estimate of drug-likeness (QED) is 0.311. The third-order valence-electron chi connectivity index (χ3n) is 5.19. The number of thioether (sulfide) groups is 1. The molecule has 0 atom stereocenters. The number of amides is 3. The molecule has 3 aromatic rings. The minimum atomic E-state index is -0.382. The molecule has 10 heteroatoms. The zero-order valence-electron chi connectivity index (χ0n) is 19.8. The number of hydrogen-bond donors (Lipinski definition) is 1. The van der Waals surface area contributed by atoms with E-state index in [-0.39, 0.29) is 36.8 Å². The SMILES string of the molecule is COc1ccccc1OCCN1C(=O)S/C(=C\c2ccc(OCC(=O)Nc3ccccc3)c(Br)c2)C1=O. The third kappa shape index (κ3) is 6.93. The summed E-state index contributed by atoms with van der Waals surface area (Å²) in [4.78, 5) is 38.8. The van der Waals surface area contributed by atoms with Gasteiger partial charge in [0.2, 0.25) is 0 Å². The fraction of sp³-hybridized carbons (Fsp3) is 0.148. The summed E-state index contributed by atoms with van der Waals surface area (Å²) in [5.41, 5.74) is 1.38. The molecule has 0 radical (unpaired) electrons. The normalized spacial score (nSPS) is 14.1. The van der Waals surface area contributed by atoms with Crippen LogP contribution in [-0.2, 0) is 9.59 Å². The van der Waals surface area contributed by atoms with Gasteiger partial charge in [0, 0.05) is 5.69 Å². The van der Waals surface area contributed by atoms with Crippen LogP contribution in [0.25, 0.3) is 6.08 Å². The maximum absolute atomic E-state index is 12.8. The molecule has 0 bridgehead atoms. The van der Waals surface area contributed by atoms with Crippen LogP contribution in [0.1, 0.15) is 5.56 Å². The zero-order valence-corrected chi connectivity index (χ0v) is 22.2. The van der Waals surface area contributed by atoms with Crippen molar-refractivity contribution in [3.8, 4) is 17.2 Å². The molecule has 3 amide bonds. The van der Waals surface area contributed by atoms with Crippen molar-refractivity contribution in [2.24, 2.45) is 0 Å². The van der Waals surface area contributed by atoms with Gasteiger partial charge in [-0.05, 0) is 75.7 Å². The van der Waals surface area contributed by atoms with Gasteiger partial charge in [0.1, 0.15) is 12.4 Å². The number of anilines is 1. The Morgan fingerprint density at radius 2 is 1.70 bits per heavy atom. The summed E-state index contributed by atoms with van der Waals surface area (Å²) >= 11 is 4.31. The number of imide groups is 1. The molecule has 37 heavy (non-hydrogen) atoms. The minimum Gasteiger partial charge on any atom is -0.493 e. The first-order valence-electron chi connectivity index (χ1n) is 11.2. The second-order valence-corrected chi connectivity index (χ2v) is 9.57. The Hall–Kier alpha value is -3.76. The van der Waals surface area contributed by atoms with E-state index in [1.165, 1.54) is 0 Å². The highest BCUT2D eigenvalue weighted by Crippen LogP contribution is 2.34.